The van der Waals surface area contributed by atoms with E-state index in [1.165, 1.54) is 5.56 Å². The lowest BCUT2D eigenvalue weighted by Gasteiger charge is -2.33. The summed E-state index contributed by atoms with van der Waals surface area (Å²) in [4.78, 5) is 18.4. The van der Waals surface area contributed by atoms with Gasteiger partial charge in [-0.15, -0.1) is 0 Å². The monoisotopic (exact) mass is 344 g/mol. The van der Waals surface area contributed by atoms with Crippen LogP contribution in [0.3, 0.4) is 0 Å². The van der Waals surface area contributed by atoms with Crippen LogP contribution in [0.15, 0.2) is 42.7 Å². The van der Waals surface area contributed by atoms with Crippen LogP contribution in [0.1, 0.15) is 24.0 Å². The Morgan fingerprint density at radius 1 is 1.42 bits per heavy atom. The molecule has 0 spiro atoms. The van der Waals surface area contributed by atoms with Gasteiger partial charge < -0.3 is 9.64 Å². The van der Waals surface area contributed by atoms with Gasteiger partial charge in [0.05, 0.1) is 13.0 Å². The fourth-order valence-electron chi connectivity index (χ4n) is 3.01. The van der Waals surface area contributed by atoms with Crippen molar-refractivity contribution in [1.82, 2.24) is 9.88 Å². The predicted molar refractivity (Wildman–Crippen MR) is 94.4 cm³/mol. The summed E-state index contributed by atoms with van der Waals surface area (Å²) in [5.41, 5.74) is 2.23. The van der Waals surface area contributed by atoms with Gasteiger partial charge in [0.25, 0.3) is 0 Å². The number of carbonyl (C=O) groups excluding carboxylic acids is 1. The largest absolute Gasteiger partial charge is 0.487 e. The molecule has 24 heavy (non-hydrogen) atoms. The summed E-state index contributed by atoms with van der Waals surface area (Å²) in [5, 5.41) is 0.501. The van der Waals surface area contributed by atoms with E-state index in [9.17, 15) is 4.79 Å². The molecule has 1 aromatic heterocycles. The Balaban J connectivity index is 1.60. The van der Waals surface area contributed by atoms with Crippen molar-refractivity contribution in [3.05, 3.63) is 58.9 Å². The molecule has 1 fully saturated rings. The number of ether oxygens (including phenoxy) is 1. The van der Waals surface area contributed by atoms with Crippen LogP contribution in [0.5, 0.6) is 5.75 Å². The summed E-state index contributed by atoms with van der Waals surface area (Å²) < 4.78 is 5.97. The molecular weight excluding hydrogens is 324 g/mol. The molecule has 1 amide bonds. The number of rotatable bonds is 4. The van der Waals surface area contributed by atoms with E-state index in [2.05, 4.69) is 11.1 Å². The van der Waals surface area contributed by atoms with Crippen molar-refractivity contribution in [2.24, 2.45) is 0 Å². The number of amides is 1. The summed E-state index contributed by atoms with van der Waals surface area (Å²) in [5.74, 6) is 0.777. The fraction of sp³-hybridized carbons (Fsp3) is 0.368. The molecule has 4 nitrogen and oxygen atoms in total. The lowest BCUT2D eigenvalue weighted by atomic mass is 10.0. The Morgan fingerprint density at radius 3 is 3.08 bits per heavy atom. The van der Waals surface area contributed by atoms with Gasteiger partial charge in [0.15, 0.2) is 0 Å². The van der Waals surface area contributed by atoms with Gasteiger partial charge in [-0.25, -0.2) is 0 Å². The predicted octanol–water partition coefficient (Wildman–Crippen LogP) is 3.66. The van der Waals surface area contributed by atoms with Crippen molar-refractivity contribution in [3.63, 3.8) is 0 Å². The first-order valence-electron chi connectivity index (χ1n) is 8.21. The van der Waals surface area contributed by atoms with Crippen molar-refractivity contribution in [2.75, 3.05) is 13.1 Å². The molecule has 0 radical (unpaired) electrons. The van der Waals surface area contributed by atoms with Crippen molar-refractivity contribution < 1.29 is 9.53 Å². The third-order valence-electron chi connectivity index (χ3n) is 4.20. The maximum atomic E-state index is 12.6. The molecule has 0 saturated carbocycles. The summed E-state index contributed by atoms with van der Waals surface area (Å²) in [6.07, 6.45) is 5.50. The van der Waals surface area contributed by atoms with E-state index in [-0.39, 0.29) is 12.0 Å². The molecule has 2 heterocycles. The average molecular weight is 345 g/mol. The lowest BCUT2D eigenvalue weighted by molar-refractivity contribution is -0.133. The maximum Gasteiger partial charge on any atom is 0.227 e. The molecule has 0 aliphatic carbocycles. The number of pyridine rings is 1. The van der Waals surface area contributed by atoms with Gasteiger partial charge in [0.2, 0.25) is 5.91 Å². The smallest absolute Gasteiger partial charge is 0.227 e. The second-order valence-corrected chi connectivity index (χ2v) is 6.60. The minimum Gasteiger partial charge on any atom is -0.487 e. The number of hydrogen-bond donors (Lipinski definition) is 0. The minimum atomic E-state index is -0.0277. The third-order valence-corrected chi connectivity index (χ3v) is 4.48. The van der Waals surface area contributed by atoms with Crippen molar-refractivity contribution in [3.8, 4) is 5.75 Å². The molecule has 1 unspecified atom stereocenters. The Bertz CT molecular complexity index is 720. The van der Waals surface area contributed by atoms with Crippen molar-refractivity contribution >= 4 is 17.5 Å². The zero-order valence-electron chi connectivity index (χ0n) is 13.7. The van der Waals surface area contributed by atoms with Crippen molar-refractivity contribution in [1.29, 1.82) is 0 Å². The maximum absolute atomic E-state index is 12.6. The molecule has 0 N–H and O–H groups in total. The van der Waals surface area contributed by atoms with E-state index in [1.54, 1.807) is 18.5 Å². The summed E-state index contributed by atoms with van der Waals surface area (Å²) in [6.45, 7) is 3.43. The van der Waals surface area contributed by atoms with E-state index in [0.717, 1.165) is 24.9 Å². The zero-order chi connectivity index (χ0) is 16.9. The number of halogens is 1. The van der Waals surface area contributed by atoms with Gasteiger partial charge in [-0.05, 0) is 25.3 Å². The number of likely N-dealkylation sites (tertiary alicyclic amines) is 1. The summed E-state index contributed by atoms with van der Waals surface area (Å²) in [7, 11) is 0. The fourth-order valence-corrected chi connectivity index (χ4v) is 3.17. The van der Waals surface area contributed by atoms with E-state index < -0.39 is 0 Å². The number of nitrogens with zero attached hydrogens (tertiary/aromatic N) is 2. The SMILES string of the molecule is Cc1cccc(CC(=O)N2CCCC(Oc3ccncc3Cl)C2)c1. The van der Waals surface area contributed by atoms with Gasteiger partial charge >= 0.3 is 0 Å². The van der Waals surface area contributed by atoms with E-state index >= 15 is 0 Å². The molecular formula is C19H21ClN2O2. The van der Waals surface area contributed by atoms with Gasteiger partial charge in [-0.3, -0.25) is 9.78 Å². The summed E-state index contributed by atoms with van der Waals surface area (Å²) in [6, 6.07) is 9.85. The first-order valence-corrected chi connectivity index (χ1v) is 8.59. The van der Waals surface area contributed by atoms with Crippen LogP contribution in [-0.4, -0.2) is 35.0 Å². The number of carbonyl (C=O) groups is 1. The highest BCUT2D eigenvalue weighted by Gasteiger charge is 2.25. The standard InChI is InChI=1S/C19H21ClN2O2/c1-14-4-2-5-15(10-14)11-19(23)22-9-3-6-16(13-22)24-18-7-8-21-12-17(18)20/h2,4-5,7-8,10,12,16H,3,6,9,11,13H2,1H3. The van der Waals surface area contributed by atoms with Crippen LogP contribution in [0, 0.1) is 6.92 Å². The number of benzene rings is 1. The number of aromatic nitrogens is 1. The Morgan fingerprint density at radius 2 is 2.29 bits per heavy atom. The van der Waals surface area contributed by atoms with Crippen LogP contribution in [0.25, 0.3) is 0 Å². The molecule has 2 aromatic rings. The highest BCUT2D eigenvalue weighted by Crippen LogP contribution is 2.25. The second-order valence-electron chi connectivity index (χ2n) is 6.19. The highest BCUT2D eigenvalue weighted by atomic mass is 35.5. The normalized spacial score (nSPS) is 17.6. The lowest BCUT2D eigenvalue weighted by Crippen LogP contribution is -2.45. The molecule has 1 aliphatic heterocycles. The number of aryl methyl sites for hydroxylation is 1. The quantitative estimate of drug-likeness (QED) is 0.850. The van der Waals surface area contributed by atoms with Crippen LogP contribution >= 0.6 is 11.6 Å². The van der Waals surface area contributed by atoms with Crippen LogP contribution < -0.4 is 4.74 Å². The molecule has 1 saturated heterocycles. The molecule has 3 rings (SSSR count). The van der Waals surface area contributed by atoms with E-state index in [4.69, 9.17) is 16.3 Å². The topological polar surface area (TPSA) is 42.4 Å². The number of hydrogen-bond acceptors (Lipinski definition) is 3. The molecule has 1 atom stereocenters. The van der Waals surface area contributed by atoms with Crippen LogP contribution in [0.2, 0.25) is 5.02 Å². The Labute approximate surface area is 147 Å². The average Bonchev–Trinajstić information content (AvgIpc) is 2.57. The van der Waals surface area contributed by atoms with E-state index in [1.807, 2.05) is 30.0 Å². The second kappa shape index (κ2) is 7.67. The van der Waals surface area contributed by atoms with Gasteiger partial charge in [0.1, 0.15) is 16.9 Å². The first kappa shape index (κ1) is 16.8. The van der Waals surface area contributed by atoms with Gasteiger partial charge in [0, 0.05) is 25.0 Å². The zero-order valence-corrected chi connectivity index (χ0v) is 14.5. The highest BCUT2D eigenvalue weighted by molar-refractivity contribution is 6.31. The third kappa shape index (κ3) is 4.26. The number of piperidine rings is 1. The molecule has 5 heteroatoms. The van der Waals surface area contributed by atoms with Crippen molar-refractivity contribution in [2.45, 2.75) is 32.3 Å². The Hall–Kier alpha value is -2.07. The van der Waals surface area contributed by atoms with Gasteiger partial charge in [-0.1, -0.05) is 41.4 Å². The Kier molecular flexibility index (Phi) is 5.36. The van der Waals surface area contributed by atoms with Crippen LogP contribution in [-0.2, 0) is 11.2 Å². The van der Waals surface area contributed by atoms with Crippen LogP contribution in [0.4, 0.5) is 0 Å². The molecule has 0 bridgehead atoms. The van der Waals surface area contributed by atoms with Gasteiger partial charge in [-0.2, -0.15) is 0 Å². The first-order chi connectivity index (χ1) is 11.6. The minimum absolute atomic E-state index is 0.0277. The molecule has 126 valence electrons. The van der Waals surface area contributed by atoms with E-state index in [0.29, 0.717) is 23.7 Å². The summed E-state index contributed by atoms with van der Waals surface area (Å²) >= 11 is 6.10. The molecule has 1 aromatic carbocycles. The molecule has 1 aliphatic rings.